The van der Waals surface area contributed by atoms with Crippen LogP contribution in [0.25, 0.3) is 10.2 Å². The van der Waals surface area contributed by atoms with Crippen LogP contribution in [0.3, 0.4) is 0 Å². The summed E-state index contributed by atoms with van der Waals surface area (Å²) in [6, 6.07) is 0.122. The van der Waals surface area contributed by atoms with Crippen LogP contribution in [0, 0.1) is 6.92 Å². The maximum absolute atomic E-state index is 12.1. The van der Waals surface area contributed by atoms with E-state index in [0.29, 0.717) is 43.2 Å². The number of esters is 1. The van der Waals surface area contributed by atoms with E-state index in [-0.39, 0.29) is 12.0 Å². The van der Waals surface area contributed by atoms with Gasteiger partial charge in [-0.25, -0.2) is 27.5 Å². The van der Waals surface area contributed by atoms with E-state index in [2.05, 4.69) is 15.3 Å². The molecule has 0 aliphatic carbocycles. The Morgan fingerprint density at radius 3 is 2.69 bits per heavy atom. The molecule has 1 N–H and O–H groups in total. The first kappa shape index (κ1) is 19.0. The number of nitrogens with zero attached hydrogens (tertiary/aromatic N) is 3. The summed E-state index contributed by atoms with van der Waals surface area (Å²) in [6.45, 7) is 4.94. The van der Waals surface area contributed by atoms with Crippen LogP contribution in [0.2, 0.25) is 0 Å². The third kappa shape index (κ3) is 3.81. The van der Waals surface area contributed by atoms with E-state index in [1.165, 1.54) is 28.2 Å². The summed E-state index contributed by atoms with van der Waals surface area (Å²) in [5, 5.41) is 4.23. The Balaban J connectivity index is 1.82. The summed E-state index contributed by atoms with van der Waals surface area (Å²) in [5.74, 6) is 0.331. The summed E-state index contributed by atoms with van der Waals surface area (Å²) in [4.78, 5) is 22.0. The normalized spacial score (nSPS) is 16.7. The second-order valence-corrected chi connectivity index (χ2v) is 9.24. The molecule has 10 heteroatoms. The van der Waals surface area contributed by atoms with E-state index in [4.69, 9.17) is 4.74 Å². The molecule has 1 fully saturated rings. The maximum atomic E-state index is 12.1. The van der Waals surface area contributed by atoms with Crippen LogP contribution < -0.4 is 5.32 Å². The molecular formula is C16H22N4O4S2. The monoisotopic (exact) mass is 398 g/mol. The van der Waals surface area contributed by atoms with Crippen molar-refractivity contribution < 1.29 is 17.9 Å². The van der Waals surface area contributed by atoms with Crippen molar-refractivity contribution in [2.24, 2.45) is 0 Å². The van der Waals surface area contributed by atoms with Gasteiger partial charge in [0.05, 0.1) is 18.2 Å². The fourth-order valence-electron chi connectivity index (χ4n) is 3.10. The zero-order valence-corrected chi connectivity index (χ0v) is 16.6. The highest BCUT2D eigenvalue weighted by molar-refractivity contribution is 7.88. The SMILES string of the molecule is CCOC(=O)c1sc2ncnc(NC3CCN(S(C)(=O)=O)CC3)c2c1C. The number of piperidine rings is 1. The third-order valence-corrected chi connectivity index (χ3v) is 6.93. The van der Waals surface area contributed by atoms with Crippen molar-refractivity contribution >= 4 is 43.4 Å². The Morgan fingerprint density at radius 1 is 1.38 bits per heavy atom. The van der Waals surface area contributed by atoms with Crippen molar-refractivity contribution in [3.8, 4) is 0 Å². The number of aromatic nitrogens is 2. The molecule has 2 aromatic rings. The van der Waals surface area contributed by atoms with E-state index in [9.17, 15) is 13.2 Å². The number of carbonyl (C=O) groups is 1. The number of thiophene rings is 1. The molecule has 26 heavy (non-hydrogen) atoms. The first-order chi connectivity index (χ1) is 12.3. The van der Waals surface area contributed by atoms with Crippen molar-refractivity contribution in [1.29, 1.82) is 0 Å². The third-order valence-electron chi connectivity index (χ3n) is 4.45. The number of ether oxygens (including phenoxy) is 1. The number of fused-ring (bicyclic) bond motifs is 1. The van der Waals surface area contributed by atoms with Gasteiger partial charge >= 0.3 is 5.97 Å². The largest absolute Gasteiger partial charge is 0.462 e. The van der Waals surface area contributed by atoms with Gasteiger partial charge in [0.25, 0.3) is 0 Å². The first-order valence-electron chi connectivity index (χ1n) is 8.44. The van der Waals surface area contributed by atoms with Crippen LogP contribution in [-0.2, 0) is 14.8 Å². The second-order valence-electron chi connectivity index (χ2n) is 6.26. The lowest BCUT2D eigenvalue weighted by Crippen LogP contribution is -2.41. The summed E-state index contributed by atoms with van der Waals surface area (Å²) < 4.78 is 29.9. The Kier molecular flexibility index (Phi) is 5.44. The number of carbonyl (C=O) groups excluding carboxylic acids is 1. The Hall–Kier alpha value is -1.78. The highest BCUT2D eigenvalue weighted by Crippen LogP contribution is 2.34. The lowest BCUT2D eigenvalue weighted by molar-refractivity contribution is 0.0531. The number of aryl methyl sites for hydroxylation is 1. The van der Waals surface area contributed by atoms with Crippen LogP contribution >= 0.6 is 11.3 Å². The second kappa shape index (κ2) is 7.45. The molecule has 0 aromatic carbocycles. The first-order valence-corrected chi connectivity index (χ1v) is 11.1. The van der Waals surface area contributed by atoms with Crippen molar-refractivity contribution in [3.63, 3.8) is 0 Å². The van der Waals surface area contributed by atoms with E-state index >= 15 is 0 Å². The Bertz CT molecular complexity index is 918. The molecule has 0 unspecified atom stereocenters. The summed E-state index contributed by atoms with van der Waals surface area (Å²) >= 11 is 1.30. The van der Waals surface area contributed by atoms with Crippen LogP contribution in [0.15, 0.2) is 6.33 Å². The predicted molar refractivity (Wildman–Crippen MR) is 101 cm³/mol. The van der Waals surface area contributed by atoms with E-state index in [0.717, 1.165) is 15.8 Å². The molecule has 8 nitrogen and oxygen atoms in total. The van der Waals surface area contributed by atoms with Crippen LogP contribution in [0.4, 0.5) is 5.82 Å². The van der Waals surface area contributed by atoms with Crippen LogP contribution in [0.5, 0.6) is 0 Å². The topological polar surface area (TPSA) is 101 Å². The standard InChI is InChI=1S/C16H22N4O4S2/c1-4-24-16(21)13-10(2)12-14(17-9-18-15(12)25-13)19-11-5-7-20(8-6-11)26(3,22)23/h9,11H,4-8H2,1-3H3,(H,17,18,19). The van der Waals surface area contributed by atoms with Gasteiger partial charge in [-0.15, -0.1) is 11.3 Å². The summed E-state index contributed by atoms with van der Waals surface area (Å²) in [5.41, 5.74) is 0.806. The van der Waals surface area contributed by atoms with Gasteiger partial charge in [0.1, 0.15) is 21.9 Å². The molecule has 3 heterocycles. The number of hydrogen-bond donors (Lipinski definition) is 1. The molecule has 0 radical (unpaired) electrons. The minimum Gasteiger partial charge on any atom is -0.462 e. The maximum Gasteiger partial charge on any atom is 0.348 e. The van der Waals surface area contributed by atoms with Gasteiger partial charge in [0, 0.05) is 19.1 Å². The summed E-state index contributed by atoms with van der Waals surface area (Å²) in [7, 11) is -3.15. The van der Waals surface area contributed by atoms with Gasteiger partial charge in [-0.1, -0.05) is 0 Å². The smallest absolute Gasteiger partial charge is 0.348 e. The lowest BCUT2D eigenvalue weighted by Gasteiger charge is -2.31. The average Bonchev–Trinajstić information content (AvgIpc) is 2.93. The van der Waals surface area contributed by atoms with Gasteiger partial charge < -0.3 is 10.1 Å². The van der Waals surface area contributed by atoms with Crippen molar-refractivity contribution in [1.82, 2.24) is 14.3 Å². The van der Waals surface area contributed by atoms with E-state index < -0.39 is 10.0 Å². The minimum atomic E-state index is -3.15. The van der Waals surface area contributed by atoms with Gasteiger partial charge in [-0.2, -0.15) is 0 Å². The molecule has 142 valence electrons. The predicted octanol–water partition coefficient (Wildman–Crippen LogP) is 2.01. The van der Waals surface area contributed by atoms with Crippen molar-refractivity contribution in [2.45, 2.75) is 32.7 Å². The molecule has 2 aromatic heterocycles. The Morgan fingerprint density at radius 2 is 2.08 bits per heavy atom. The van der Waals surface area contributed by atoms with Crippen molar-refractivity contribution in [2.75, 3.05) is 31.3 Å². The summed E-state index contributed by atoms with van der Waals surface area (Å²) in [6.07, 6.45) is 4.11. The molecule has 1 aliphatic heterocycles. The van der Waals surface area contributed by atoms with Crippen LogP contribution in [0.1, 0.15) is 35.0 Å². The zero-order chi connectivity index (χ0) is 18.9. The van der Waals surface area contributed by atoms with E-state index in [1.807, 2.05) is 6.92 Å². The number of hydrogen-bond acceptors (Lipinski definition) is 8. The molecule has 0 spiro atoms. The number of sulfonamides is 1. The van der Waals surface area contributed by atoms with Gasteiger partial charge in [-0.05, 0) is 32.3 Å². The van der Waals surface area contributed by atoms with Crippen molar-refractivity contribution in [3.05, 3.63) is 16.8 Å². The fourth-order valence-corrected chi connectivity index (χ4v) is 5.01. The number of rotatable bonds is 5. The molecule has 0 saturated carbocycles. The molecule has 3 rings (SSSR count). The average molecular weight is 399 g/mol. The van der Waals surface area contributed by atoms with E-state index in [1.54, 1.807) is 6.92 Å². The lowest BCUT2D eigenvalue weighted by atomic mass is 10.1. The minimum absolute atomic E-state index is 0.122. The Labute approximate surface area is 156 Å². The quantitative estimate of drug-likeness (QED) is 0.769. The number of nitrogens with one attached hydrogen (secondary N) is 1. The highest BCUT2D eigenvalue weighted by atomic mass is 32.2. The molecule has 1 saturated heterocycles. The molecule has 0 atom stereocenters. The van der Waals surface area contributed by atoms with Gasteiger partial charge in [-0.3, -0.25) is 0 Å². The van der Waals surface area contributed by atoms with Gasteiger partial charge in [0.15, 0.2) is 0 Å². The fraction of sp³-hybridized carbons (Fsp3) is 0.562. The van der Waals surface area contributed by atoms with Crippen LogP contribution in [-0.4, -0.2) is 60.7 Å². The number of anilines is 1. The molecule has 1 aliphatic rings. The highest BCUT2D eigenvalue weighted by Gasteiger charge is 2.26. The zero-order valence-electron chi connectivity index (χ0n) is 15.0. The van der Waals surface area contributed by atoms with Gasteiger partial charge in [0.2, 0.25) is 10.0 Å². The molecule has 0 amide bonds. The molecular weight excluding hydrogens is 376 g/mol. The molecule has 0 bridgehead atoms.